The minimum absolute atomic E-state index is 0.149. The molecule has 2 aromatic carbocycles. The Labute approximate surface area is 181 Å². The van der Waals surface area contributed by atoms with Crippen molar-refractivity contribution in [3.63, 3.8) is 0 Å². The van der Waals surface area contributed by atoms with Gasteiger partial charge in [0.05, 0.1) is 11.8 Å². The zero-order valence-corrected chi connectivity index (χ0v) is 17.1. The Kier molecular flexibility index (Phi) is 4.13. The topological polar surface area (TPSA) is 66.5 Å². The van der Waals surface area contributed by atoms with Crippen molar-refractivity contribution in [3.05, 3.63) is 78.4 Å². The molecule has 3 fully saturated rings. The Hall–Kier alpha value is -3.21. The predicted octanol–water partition coefficient (Wildman–Crippen LogP) is 3.29. The van der Waals surface area contributed by atoms with Crippen molar-refractivity contribution in [2.75, 3.05) is 5.32 Å². The van der Waals surface area contributed by atoms with Gasteiger partial charge in [-0.2, -0.15) is 0 Å². The molecule has 1 saturated heterocycles. The number of benzene rings is 2. The first-order valence-corrected chi connectivity index (χ1v) is 11.1. The molecule has 5 nitrogen and oxygen atoms in total. The molecule has 2 saturated carbocycles. The summed E-state index contributed by atoms with van der Waals surface area (Å²) in [6, 6.07) is 17.9. The molecule has 5 heteroatoms. The first-order valence-electron chi connectivity index (χ1n) is 11.1. The standard InChI is InChI=1S/C26H24N2O3/c29-24(27-16-9-5-2-6-10-16)21(13-15-7-3-1-4-8-15)28-25(30)22-17-11-12-18(20-14-19(17)20)23(22)26(28)31/h1-12,17-23H,13-14H2,(H,27,29)/t17-,18-,19-,20-,21-,22+,23+/m0/s1. The molecule has 7 atom stereocenters. The third-order valence-electron chi connectivity index (χ3n) is 7.62. The van der Waals surface area contributed by atoms with Crippen LogP contribution in [0.4, 0.5) is 5.69 Å². The van der Waals surface area contributed by atoms with Crippen LogP contribution in [0.2, 0.25) is 0 Å². The van der Waals surface area contributed by atoms with Crippen molar-refractivity contribution in [3.8, 4) is 0 Å². The summed E-state index contributed by atoms with van der Waals surface area (Å²) in [5.41, 5.74) is 1.58. The summed E-state index contributed by atoms with van der Waals surface area (Å²) in [4.78, 5) is 41.9. The third kappa shape index (κ3) is 2.87. The van der Waals surface area contributed by atoms with Crippen LogP contribution in [0.25, 0.3) is 0 Å². The molecule has 31 heavy (non-hydrogen) atoms. The van der Waals surface area contributed by atoms with Crippen molar-refractivity contribution in [2.45, 2.75) is 18.9 Å². The van der Waals surface area contributed by atoms with Gasteiger partial charge in [-0.05, 0) is 47.8 Å². The highest BCUT2D eigenvalue weighted by atomic mass is 16.2. The SMILES string of the molecule is O=C(Nc1ccccc1)[C@H](Cc1ccccc1)N1C(=O)[C@@H]2[C@H]3C=C[C@@H]([C@@H]4C[C@@H]34)[C@H]2C1=O. The van der Waals surface area contributed by atoms with E-state index in [0.717, 1.165) is 12.0 Å². The van der Waals surface area contributed by atoms with Crippen molar-refractivity contribution in [1.82, 2.24) is 4.90 Å². The summed E-state index contributed by atoms with van der Waals surface area (Å²) in [6.07, 6.45) is 5.75. The highest BCUT2D eigenvalue weighted by molar-refractivity contribution is 6.10. The van der Waals surface area contributed by atoms with Crippen molar-refractivity contribution in [2.24, 2.45) is 35.5 Å². The zero-order chi connectivity index (χ0) is 21.1. The second kappa shape index (κ2) is 6.91. The number of para-hydroxylation sites is 1. The van der Waals surface area contributed by atoms with Gasteiger partial charge in [0, 0.05) is 12.1 Å². The highest BCUT2D eigenvalue weighted by Gasteiger charge is 2.67. The number of rotatable bonds is 5. The number of carbonyl (C=O) groups is 3. The number of nitrogens with one attached hydrogen (secondary N) is 1. The number of nitrogens with zero attached hydrogens (tertiary/aromatic N) is 1. The molecular formula is C26H24N2O3. The quantitative estimate of drug-likeness (QED) is 0.605. The van der Waals surface area contributed by atoms with Gasteiger partial charge < -0.3 is 5.32 Å². The van der Waals surface area contributed by atoms with E-state index in [0.29, 0.717) is 23.9 Å². The smallest absolute Gasteiger partial charge is 0.248 e. The van der Waals surface area contributed by atoms with Gasteiger partial charge >= 0.3 is 0 Å². The minimum atomic E-state index is -0.857. The summed E-state index contributed by atoms with van der Waals surface area (Å²) in [5.74, 6) is 0.140. The van der Waals surface area contributed by atoms with Crippen molar-refractivity contribution >= 4 is 23.4 Å². The van der Waals surface area contributed by atoms with E-state index in [9.17, 15) is 14.4 Å². The fourth-order valence-corrected chi connectivity index (χ4v) is 6.17. The third-order valence-corrected chi connectivity index (χ3v) is 7.62. The maximum atomic E-state index is 13.6. The van der Waals surface area contributed by atoms with Crippen molar-refractivity contribution < 1.29 is 14.4 Å². The predicted molar refractivity (Wildman–Crippen MR) is 116 cm³/mol. The molecule has 7 rings (SSSR count). The average Bonchev–Trinajstić information content (AvgIpc) is 3.58. The minimum Gasteiger partial charge on any atom is -0.324 e. The Morgan fingerprint density at radius 2 is 1.42 bits per heavy atom. The molecule has 0 spiro atoms. The molecule has 2 bridgehead atoms. The van der Waals surface area contributed by atoms with Gasteiger partial charge in [-0.1, -0.05) is 60.7 Å². The van der Waals surface area contributed by atoms with Crippen LogP contribution in [-0.4, -0.2) is 28.7 Å². The molecule has 2 aromatic rings. The molecule has 0 radical (unpaired) electrons. The maximum absolute atomic E-state index is 13.6. The van der Waals surface area contributed by atoms with E-state index in [1.165, 1.54) is 4.90 Å². The monoisotopic (exact) mass is 412 g/mol. The van der Waals surface area contributed by atoms with E-state index < -0.39 is 6.04 Å². The number of anilines is 1. The van der Waals surface area contributed by atoms with E-state index in [4.69, 9.17) is 0 Å². The number of imide groups is 1. The summed E-state index contributed by atoms with van der Waals surface area (Å²) in [5, 5.41) is 2.92. The largest absolute Gasteiger partial charge is 0.324 e. The molecule has 0 aromatic heterocycles. The van der Waals surface area contributed by atoms with Crippen LogP contribution in [0.1, 0.15) is 12.0 Å². The van der Waals surface area contributed by atoms with Gasteiger partial charge in [0.2, 0.25) is 17.7 Å². The van der Waals surface area contributed by atoms with Gasteiger partial charge in [0.25, 0.3) is 0 Å². The van der Waals surface area contributed by atoms with Gasteiger partial charge in [-0.15, -0.1) is 0 Å². The second-order valence-corrected chi connectivity index (χ2v) is 9.26. The number of allylic oxidation sites excluding steroid dienone is 2. The number of likely N-dealkylation sites (tertiary alicyclic amines) is 1. The lowest BCUT2D eigenvalue weighted by Gasteiger charge is -2.37. The molecule has 0 unspecified atom stereocenters. The molecule has 1 N–H and O–H groups in total. The van der Waals surface area contributed by atoms with Crippen LogP contribution < -0.4 is 5.32 Å². The van der Waals surface area contributed by atoms with Gasteiger partial charge in [0.15, 0.2) is 0 Å². The molecule has 156 valence electrons. The van der Waals surface area contributed by atoms with Crippen LogP contribution >= 0.6 is 0 Å². The van der Waals surface area contributed by atoms with Crippen LogP contribution in [0.3, 0.4) is 0 Å². The van der Waals surface area contributed by atoms with Crippen molar-refractivity contribution in [1.29, 1.82) is 0 Å². The van der Waals surface area contributed by atoms with Crippen LogP contribution in [0, 0.1) is 35.5 Å². The number of hydrogen-bond acceptors (Lipinski definition) is 3. The van der Waals surface area contributed by atoms with Crippen LogP contribution in [-0.2, 0) is 20.8 Å². The zero-order valence-electron chi connectivity index (χ0n) is 17.1. The molecule has 4 aliphatic carbocycles. The molecule has 5 aliphatic rings. The lowest BCUT2D eigenvalue weighted by Crippen LogP contribution is -2.49. The first-order chi connectivity index (χ1) is 15.1. The molecular weight excluding hydrogens is 388 g/mol. The Morgan fingerprint density at radius 3 is 2.00 bits per heavy atom. The second-order valence-electron chi connectivity index (χ2n) is 9.26. The number of carbonyl (C=O) groups excluding carboxylic acids is 3. The molecule has 3 amide bonds. The Bertz CT molecular complexity index is 1040. The fourth-order valence-electron chi connectivity index (χ4n) is 6.17. The maximum Gasteiger partial charge on any atom is 0.248 e. The Balaban J connectivity index is 1.34. The van der Waals surface area contributed by atoms with E-state index in [2.05, 4.69) is 17.5 Å². The highest BCUT2D eigenvalue weighted by Crippen LogP contribution is 2.65. The van der Waals surface area contributed by atoms with E-state index in [1.54, 1.807) is 0 Å². The van der Waals surface area contributed by atoms with Gasteiger partial charge in [-0.25, -0.2) is 0 Å². The normalized spacial score (nSPS) is 33.1. The fraction of sp³-hybridized carbons (Fsp3) is 0.346. The number of amides is 3. The van der Waals surface area contributed by atoms with Crippen LogP contribution in [0.15, 0.2) is 72.8 Å². The lowest BCUT2D eigenvalue weighted by atomic mass is 9.63. The summed E-state index contributed by atoms with van der Waals surface area (Å²) in [7, 11) is 0. The average molecular weight is 412 g/mol. The van der Waals surface area contributed by atoms with Gasteiger partial charge in [-0.3, -0.25) is 19.3 Å². The molecule has 1 heterocycles. The number of hydrogen-bond donors (Lipinski definition) is 1. The van der Waals surface area contributed by atoms with E-state index in [1.807, 2.05) is 60.7 Å². The lowest BCUT2D eigenvalue weighted by molar-refractivity contribution is -0.146. The summed E-state index contributed by atoms with van der Waals surface area (Å²) >= 11 is 0. The van der Waals surface area contributed by atoms with E-state index >= 15 is 0 Å². The molecule has 1 aliphatic heterocycles. The van der Waals surface area contributed by atoms with Gasteiger partial charge in [0.1, 0.15) is 6.04 Å². The van der Waals surface area contributed by atoms with Crippen LogP contribution in [0.5, 0.6) is 0 Å². The van der Waals surface area contributed by atoms with E-state index in [-0.39, 0.29) is 41.4 Å². The Morgan fingerprint density at radius 1 is 0.871 bits per heavy atom. The first kappa shape index (κ1) is 18.6. The summed E-state index contributed by atoms with van der Waals surface area (Å²) < 4.78 is 0. The summed E-state index contributed by atoms with van der Waals surface area (Å²) in [6.45, 7) is 0.